The highest BCUT2D eigenvalue weighted by Gasteiger charge is 2.25. The lowest BCUT2D eigenvalue weighted by Gasteiger charge is -2.25. The predicted octanol–water partition coefficient (Wildman–Crippen LogP) is 5.72. The number of nitrogens with one attached hydrogen (secondary N) is 1. The van der Waals surface area contributed by atoms with Gasteiger partial charge in [-0.25, -0.2) is 8.42 Å². The van der Waals surface area contributed by atoms with E-state index in [0.717, 1.165) is 11.1 Å². The molecule has 4 aromatic rings. The van der Waals surface area contributed by atoms with E-state index in [-0.39, 0.29) is 17.3 Å². The Kier molecular flexibility index (Phi) is 8.48. The Morgan fingerprint density at radius 1 is 0.838 bits per heavy atom. The fraction of sp³-hybridized carbons (Fsp3) is 0.138. The minimum atomic E-state index is -3.83. The Labute approximate surface area is 222 Å². The number of rotatable bonds is 10. The minimum absolute atomic E-state index is 0.0992. The van der Waals surface area contributed by atoms with Crippen LogP contribution in [0.15, 0.2) is 108 Å². The van der Waals surface area contributed by atoms with Crippen LogP contribution in [0.1, 0.15) is 21.5 Å². The zero-order chi connectivity index (χ0) is 26.3. The van der Waals surface area contributed by atoms with Gasteiger partial charge in [-0.15, -0.1) is 0 Å². The van der Waals surface area contributed by atoms with Crippen LogP contribution >= 0.6 is 11.6 Å². The van der Waals surface area contributed by atoms with Crippen molar-refractivity contribution in [2.75, 3.05) is 18.0 Å². The van der Waals surface area contributed by atoms with Crippen LogP contribution in [0.2, 0.25) is 5.02 Å². The third-order valence-corrected chi connectivity index (χ3v) is 7.89. The highest BCUT2D eigenvalue weighted by molar-refractivity contribution is 7.92. The Hall–Kier alpha value is -3.81. The third kappa shape index (κ3) is 6.70. The zero-order valence-corrected chi connectivity index (χ0v) is 21.9. The molecule has 4 aromatic carbocycles. The molecule has 0 aliphatic carbocycles. The van der Waals surface area contributed by atoms with Gasteiger partial charge in [0.1, 0.15) is 5.75 Å². The fourth-order valence-corrected chi connectivity index (χ4v) is 5.38. The number of carbonyl (C=O) groups is 1. The molecule has 0 saturated heterocycles. The first-order valence-electron chi connectivity index (χ1n) is 11.7. The quantitative estimate of drug-likeness (QED) is 0.282. The summed E-state index contributed by atoms with van der Waals surface area (Å²) >= 11 is 5.91. The standard InChI is InChI=1S/C29H27ClN2O4S/c1-36-27-17-15-26(16-18-27)32(37(34,35)28-5-3-2-4-6-28)21-23-7-11-24(12-8-23)29(33)31-20-19-22-9-13-25(30)14-10-22/h2-18H,19-21H2,1H3,(H,31,33). The van der Waals surface area contributed by atoms with E-state index >= 15 is 0 Å². The molecule has 0 radical (unpaired) electrons. The van der Waals surface area contributed by atoms with E-state index in [0.29, 0.717) is 35.0 Å². The number of hydrogen-bond donors (Lipinski definition) is 1. The number of anilines is 1. The second-order valence-corrected chi connectivity index (χ2v) is 10.7. The summed E-state index contributed by atoms with van der Waals surface area (Å²) in [5, 5.41) is 3.59. The van der Waals surface area contributed by atoms with Crippen molar-refractivity contribution in [1.82, 2.24) is 5.32 Å². The highest BCUT2D eigenvalue weighted by Crippen LogP contribution is 2.28. The van der Waals surface area contributed by atoms with Crippen molar-refractivity contribution in [2.24, 2.45) is 0 Å². The van der Waals surface area contributed by atoms with Crippen molar-refractivity contribution in [3.8, 4) is 5.75 Å². The maximum absolute atomic E-state index is 13.5. The van der Waals surface area contributed by atoms with Crippen molar-refractivity contribution in [2.45, 2.75) is 17.9 Å². The SMILES string of the molecule is COc1ccc(N(Cc2ccc(C(=O)NCCc3ccc(Cl)cc3)cc2)S(=O)(=O)c2ccccc2)cc1. The van der Waals surface area contributed by atoms with Crippen LogP contribution in [0.5, 0.6) is 5.75 Å². The van der Waals surface area contributed by atoms with E-state index < -0.39 is 10.0 Å². The lowest BCUT2D eigenvalue weighted by atomic mass is 10.1. The molecule has 0 saturated carbocycles. The first-order valence-corrected chi connectivity index (χ1v) is 13.5. The average molecular weight is 535 g/mol. The molecule has 1 N–H and O–H groups in total. The number of sulfonamides is 1. The van der Waals surface area contributed by atoms with Crippen LogP contribution < -0.4 is 14.4 Å². The summed E-state index contributed by atoms with van der Waals surface area (Å²) in [6.07, 6.45) is 0.690. The zero-order valence-electron chi connectivity index (χ0n) is 20.3. The summed E-state index contributed by atoms with van der Waals surface area (Å²) in [4.78, 5) is 12.8. The molecule has 6 nitrogen and oxygen atoms in total. The van der Waals surface area contributed by atoms with E-state index in [9.17, 15) is 13.2 Å². The maximum atomic E-state index is 13.5. The van der Waals surface area contributed by atoms with E-state index in [2.05, 4.69) is 5.32 Å². The molecule has 0 bridgehead atoms. The molecule has 0 atom stereocenters. The largest absolute Gasteiger partial charge is 0.497 e. The average Bonchev–Trinajstić information content (AvgIpc) is 2.93. The highest BCUT2D eigenvalue weighted by atomic mass is 35.5. The Morgan fingerprint density at radius 2 is 1.46 bits per heavy atom. The molecule has 0 aliphatic rings. The summed E-state index contributed by atoms with van der Waals surface area (Å²) in [6, 6.07) is 29.6. The van der Waals surface area contributed by atoms with Gasteiger partial charge in [0.2, 0.25) is 0 Å². The number of hydrogen-bond acceptors (Lipinski definition) is 4. The summed E-state index contributed by atoms with van der Waals surface area (Å²) < 4.78 is 33.7. The van der Waals surface area contributed by atoms with Gasteiger partial charge in [-0.3, -0.25) is 9.10 Å². The van der Waals surface area contributed by atoms with E-state index in [1.54, 1.807) is 86.0 Å². The molecule has 8 heteroatoms. The van der Waals surface area contributed by atoms with Gasteiger partial charge in [0, 0.05) is 17.1 Å². The van der Waals surface area contributed by atoms with Crippen molar-refractivity contribution in [3.63, 3.8) is 0 Å². The second-order valence-electron chi connectivity index (χ2n) is 8.35. The van der Waals surface area contributed by atoms with Gasteiger partial charge in [0.05, 0.1) is 24.2 Å². The smallest absolute Gasteiger partial charge is 0.264 e. The maximum Gasteiger partial charge on any atom is 0.264 e. The van der Waals surface area contributed by atoms with Crippen LogP contribution in [0, 0.1) is 0 Å². The number of amides is 1. The molecule has 0 heterocycles. The number of carbonyl (C=O) groups excluding carboxylic acids is 1. The Balaban J connectivity index is 1.48. The molecule has 37 heavy (non-hydrogen) atoms. The number of nitrogens with zero attached hydrogens (tertiary/aromatic N) is 1. The van der Waals surface area contributed by atoms with E-state index in [4.69, 9.17) is 16.3 Å². The van der Waals surface area contributed by atoms with Gasteiger partial charge in [-0.1, -0.05) is 54.1 Å². The number of ether oxygens (including phenoxy) is 1. The molecule has 0 fully saturated rings. The van der Waals surface area contributed by atoms with Crippen LogP contribution in [0.3, 0.4) is 0 Å². The lowest BCUT2D eigenvalue weighted by molar-refractivity contribution is 0.0954. The van der Waals surface area contributed by atoms with Crippen LogP contribution in [0.25, 0.3) is 0 Å². The van der Waals surface area contributed by atoms with Gasteiger partial charge in [-0.2, -0.15) is 0 Å². The van der Waals surface area contributed by atoms with Crippen LogP contribution in [-0.4, -0.2) is 28.0 Å². The second kappa shape index (κ2) is 12.0. The van der Waals surface area contributed by atoms with Gasteiger partial charge < -0.3 is 10.1 Å². The van der Waals surface area contributed by atoms with Gasteiger partial charge in [0.15, 0.2) is 0 Å². The van der Waals surface area contributed by atoms with Gasteiger partial charge >= 0.3 is 0 Å². The molecule has 4 rings (SSSR count). The monoisotopic (exact) mass is 534 g/mol. The first-order chi connectivity index (χ1) is 17.9. The molecule has 0 unspecified atom stereocenters. The lowest BCUT2D eigenvalue weighted by Crippen LogP contribution is -2.30. The van der Waals surface area contributed by atoms with E-state index in [1.807, 2.05) is 24.3 Å². The molecule has 0 aliphatic heterocycles. The molecule has 1 amide bonds. The Bertz CT molecular complexity index is 1420. The summed E-state index contributed by atoms with van der Waals surface area (Å²) in [7, 11) is -2.28. The van der Waals surface area contributed by atoms with E-state index in [1.165, 1.54) is 4.31 Å². The van der Waals surface area contributed by atoms with Gasteiger partial charge in [0.25, 0.3) is 15.9 Å². The fourth-order valence-electron chi connectivity index (χ4n) is 3.78. The molecular formula is C29H27ClN2O4S. The van der Waals surface area contributed by atoms with Crippen molar-refractivity contribution >= 4 is 33.2 Å². The minimum Gasteiger partial charge on any atom is -0.497 e. The number of halogens is 1. The number of methoxy groups -OCH3 is 1. The summed E-state index contributed by atoms with van der Waals surface area (Å²) in [5.41, 5.74) is 2.83. The van der Waals surface area contributed by atoms with Crippen LogP contribution in [-0.2, 0) is 23.0 Å². The summed E-state index contributed by atoms with van der Waals surface area (Å²) in [5.74, 6) is 0.441. The van der Waals surface area contributed by atoms with Crippen molar-refractivity contribution in [1.29, 1.82) is 0 Å². The summed E-state index contributed by atoms with van der Waals surface area (Å²) in [6.45, 7) is 0.588. The van der Waals surface area contributed by atoms with Crippen molar-refractivity contribution < 1.29 is 17.9 Å². The topological polar surface area (TPSA) is 75.7 Å². The first kappa shape index (κ1) is 26.3. The predicted molar refractivity (Wildman–Crippen MR) is 147 cm³/mol. The molecule has 0 spiro atoms. The Morgan fingerprint density at radius 3 is 2.08 bits per heavy atom. The van der Waals surface area contributed by atoms with Crippen molar-refractivity contribution in [3.05, 3.63) is 125 Å². The third-order valence-electron chi connectivity index (χ3n) is 5.85. The molecular weight excluding hydrogens is 508 g/mol. The number of benzene rings is 4. The van der Waals surface area contributed by atoms with Gasteiger partial charge in [-0.05, 0) is 78.2 Å². The normalized spacial score (nSPS) is 11.1. The molecule has 0 aromatic heterocycles. The van der Waals surface area contributed by atoms with Crippen LogP contribution in [0.4, 0.5) is 5.69 Å². The molecule has 190 valence electrons.